The Morgan fingerprint density at radius 1 is 1.21 bits per heavy atom. The van der Waals surface area contributed by atoms with Crippen molar-refractivity contribution in [1.29, 1.82) is 0 Å². The first-order chi connectivity index (χ1) is 6.67. The van der Waals surface area contributed by atoms with E-state index >= 15 is 0 Å². The minimum Gasteiger partial charge on any atom is -0.0918 e. The molecule has 0 aromatic heterocycles. The van der Waals surface area contributed by atoms with E-state index in [0.717, 1.165) is 30.4 Å². The Balaban J connectivity index is 4.76. The second-order valence-electron chi connectivity index (χ2n) is 3.37. The summed E-state index contributed by atoms with van der Waals surface area (Å²) in [6.45, 7) is 7.87. The summed E-state index contributed by atoms with van der Waals surface area (Å²) in [5, 5.41) is 2.74. The maximum absolute atomic E-state index is 12.2. The van der Waals surface area contributed by atoms with Crippen molar-refractivity contribution in [1.82, 2.24) is 0 Å². The lowest BCUT2D eigenvalue weighted by molar-refractivity contribution is 0.537. The van der Waals surface area contributed by atoms with Crippen molar-refractivity contribution in [3.63, 3.8) is 0 Å². The number of nitrogens with zero attached hydrogens (tertiary/aromatic N) is 1. The van der Waals surface area contributed by atoms with E-state index < -0.39 is 0 Å². The van der Waals surface area contributed by atoms with E-state index in [9.17, 15) is 4.48 Å². The van der Waals surface area contributed by atoms with Gasteiger partial charge in [-0.2, -0.15) is 0 Å². The van der Waals surface area contributed by atoms with Crippen molar-refractivity contribution in [2.45, 2.75) is 47.0 Å². The highest BCUT2D eigenvalue weighted by Gasteiger charge is 2.03. The predicted molar refractivity (Wildman–Crippen MR) is 61.3 cm³/mol. The Kier molecular flexibility index (Phi) is 6.99. The lowest BCUT2D eigenvalue weighted by Gasteiger charge is -2.05. The number of hydrogen-bond acceptors (Lipinski definition) is 1. The molecule has 0 fully saturated rings. The summed E-state index contributed by atoms with van der Waals surface area (Å²) in [7, 11) is 0. The predicted octanol–water partition coefficient (Wildman–Crippen LogP) is 4.41. The molecule has 0 unspecified atom stereocenters. The van der Waals surface area contributed by atoms with Gasteiger partial charge in [0.05, 0.1) is 5.71 Å². The molecule has 80 valence electrons. The maximum atomic E-state index is 12.2. The fraction of sp³-hybridized carbons (Fsp3) is 0.583. The summed E-state index contributed by atoms with van der Waals surface area (Å²) >= 11 is 0. The summed E-state index contributed by atoms with van der Waals surface area (Å²) in [5.41, 5.74) is 2.52. The van der Waals surface area contributed by atoms with Gasteiger partial charge < -0.3 is 0 Å². The first-order valence-corrected chi connectivity index (χ1v) is 5.20. The van der Waals surface area contributed by atoms with Gasteiger partial charge in [0.1, 0.15) is 0 Å². The van der Waals surface area contributed by atoms with Crippen molar-refractivity contribution >= 4 is 5.71 Å². The van der Waals surface area contributed by atoms with Crippen molar-refractivity contribution in [3.8, 4) is 0 Å². The average Bonchev–Trinajstić information content (AvgIpc) is 2.21. The van der Waals surface area contributed by atoms with E-state index in [1.54, 1.807) is 6.92 Å². The van der Waals surface area contributed by atoms with Crippen LogP contribution in [0, 0.1) is 0 Å². The van der Waals surface area contributed by atoms with Gasteiger partial charge in [0.25, 0.3) is 0 Å². The molecule has 14 heavy (non-hydrogen) atoms. The molecule has 0 N–H and O–H groups in total. The third kappa shape index (κ3) is 4.35. The highest BCUT2D eigenvalue weighted by molar-refractivity contribution is 6.01. The molecule has 0 aliphatic carbocycles. The lowest BCUT2D eigenvalue weighted by atomic mass is 10.0. The third-order valence-electron chi connectivity index (χ3n) is 2.09. The van der Waals surface area contributed by atoms with Crippen LogP contribution in [0.25, 0.3) is 0 Å². The first-order valence-electron chi connectivity index (χ1n) is 5.20. The molecular weight excluding hydrogens is 177 g/mol. The van der Waals surface area contributed by atoms with Crippen LogP contribution in [0.3, 0.4) is 0 Å². The van der Waals surface area contributed by atoms with Gasteiger partial charge in [-0.25, -0.2) is 0 Å². The van der Waals surface area contributed by atoms with Crippen LogP contribution >= 0.6 is 0 Å². The molecule has 0 bridgehead atoms. The standard InChI is InChI=1S/C12H20FN/c1-5-7-9-10(3)12(8-6-2)11(4)14-13/h8-9H,5-7H2,1-4H3/b10-9-,12-8-,14-11-. The smallest absolute Gasteiger partial charge is 0.0774 e. The van der Waals surface area contributed by atoms with Crippen LogP contribution in [0.15, 0.2) is 28.5 Å². The molecule has 0 atom stereocenters. The zero-order valence-corrected chi connectivity index (χ0v) is 9.60. The van der Waals surface area contributed by atoms with E-state index in [1.165, 1.54) is 0 Å². The second kappa shape index (κ2) is 7.48. The van der Waals surface area contributed by atoms with Gasteiger partial charge in [-0.3, -0.25) is 0 Å². The van der Waals surface area contributed by atoms with Crippen LogP contribution in [0.5, 0.6) is 0 Å². The fourth-order valence-corrected chi connectivity index (χ4v) is 1.31. The molecule has 0 saturated heterocycles. The zero-order valence-electron chi connectivity index (χ0n) is 9.60. The molecule has 0 aromatic rings. The van der Waals surface area contributed by atoms with E-state index in [-0.39, 0.29) is 0 Å². The van der Waals surface area contributed by atoms with Gasteiger partial charge in [0.15, 0.2) is 0 Å². The number of allylic oxidation sites excluding steroid dienone is 4. The van der Waals surface area contributed by atoms with Gasteiger partial charge in [0.2, 0.25) is 0 Å². The molecule has 1 nitrogen and oxygen atoms in total. The maximum Gasteiger partial charge on any atom is 0.0774 e. The summed E-state index contributed by atoms with van der Waals surface area (Å²) in [5.74, 6) is 0. The van der Waals surface area contributed by atoms with Crippen LogP contribution in [0.1, 0.15) is 47.0 Å². The van der Waals surface area contributed by atoms with Crippen LogP contribution in [0.4, 0.5) is 4.48 Å². The normalized spacial score (nSPS) is 14.8. The largest absolute Gasteiger partial charge is 0.0918 e. The topological polar surface area (TPSA) is 12.4 Å². The number of halogens is 1. The molecule has 0 amide bonds. The molecule has 0 aromatic carbocycles. The lowest BCUT2D eigenvalue weighted by Crippen LogP contribution is -1.98. The Hall–Kier alpha value is -0.920. The Morgan fingerprint density at radius 3 is 2.29 bits per heavy atom. The van der Waals surface area contributed by atoms with Crippen molar-refractivity contribution in [2.24, 2.45) is 5.21 Å². The van der Waals surface area contributed by atoms with Crippen LogP contribution in [0.2, 0.25) is 0 Å². The Bertz CT molecular complexity index is 249. The van der Waals surface area contributed by atoms with E-state index in [2.05, 4.69) is 18.2 Å². The third-order valence-corrected chi connectivity index (χ3v) is 2.09. The fourth-order valence-electron chi connectivity index (χ4n) is 1.31. The van der Waals surface area contributed by atoms with Gasteiger partial charge in [-0.1, -0.05) is 42.1 Å². The van der Waals surface area contributed by atoms with Gasteiger partial charge >= 0.3 is 0 Å². The van der Waals surface area contributed by atoms with Crippen LogP contribution < -0.4 is 0 Å². The Morgan fingerprint density at radius 2 is 1.86 bits per heavy atom. The van der Waals surface area contributed by atoms with Crippen molar-refractivity contribution in [3.05, 3.63) is 23.3 Å². The first kappa shape index (κ1) is 13.1. The molecule has 0 aliphatic rings. The molecule has 0 spiro atoms. The van der Waals surface area contributed by atoms with Crippen molar-refractivity contribution in [2.75, 3.05) is 0 Å². The molecule has 0 radical (unpaired) electrons. The van der Waals surface area contributed by atoms with Gasteiger partial charge in [0, 0.05) is 0 Å². The molecular formula is C12H20FN. The second-order valence-corrected chi connectivity index (χ2v) is 3.37. The van der Waals surface area contributed by atoms with Gasteiger partial charge in [-0.05, 0) is 37.8 Å². The van der Waals surface area contributed by atoms with Gasteiger partial charge in [-0.15, -0.1) is 0 Å². The van der Waals surface area contributed by atoms with E-state index in [1.807, 2.05) is 19.9 Å². The number of hydrogen-bond donors (Lipinski definition) is 0. The van der Waals surface area contributed by atoms with Crippen molar-refractivity contribution < 1.29 is 4.48 Å². The summed E-state index contributed by atoms with van der Waals surface area (Å²) in [6.07, 6.45) is 7.20. The molecule has 2 heteroatoms. The average molecular weight is 197 g/mol. The van der Waals surface area contributed by atoms with E-state index in [4.69, 9.17) is 0 Å². The summed E-state index contributed by atoms with van der Waals surface area (Å²) in [4.78, 5) is 0. The van der Waals surface area contributed by atoms with Crippen LogP contribution in [-0.4, -0.2) is 5.71 Å². The highest BCUT2D eigenvalue weighted by Crippen LogP contribution is 2.14. The minimum atomic E-state index is 0.469. The molecule has 0 heterocycles. The highest BCUT2D eigenvalue weighted by atomic mass is 19.2. The summed E-state index contributed by atoms with van der Waals surface area (Å²) < 4.78 is 12.2. The van der Waals surface area contributed by atoms with Crippen LogP contribution in [-0.2, 0) is 0 Å². The zero-order chi connectivity index (χ0) is 11.0. The SMILES string of the molecule is CC/C=C(C(/C)=C\CCC)\C(C)=N/F. The monoisotopic (exact) mass is 197 g/mol. The summed E-state index contributed by atoms with van der Waals surface area (Å²) in [6, 6.07) is 0. The number of unbranched alkanes of at least 4 members (excludes halogenated alkanes) is 1. The quantitative estimate of drug-likeness (QED) is 0.457. The Labute approximate surface area is 86.4 Å². The molecule has 0 saturated carbocycles. The van der Waals surface area contributed by atoms with E-state index in [0.29, 0.717) is 5.71 Å². The number of rotatable bonds is 5. The molecule has 0 aliphatic heterocycles. The minimum absolute atomic E-state index is 0.469. The molecule has 0 rings (SSSR count).